The summed E-state index contributed by atoms with van der Waals surface area (Å²) in [5.41, 5.74) is -0.538. The Balaban J connectivity index is 3.01. The number of amides is 1. The average molecular weight is 252 g/mol. The van der Waals surface area contributed by atoms with Gasteiger partial charge in [-0.15, -0.1) is 6.58 Å². The van der Waals surface area contributed by atoms with Gasteiger partial charge in [-0.05, 0) is 32.8 Å². The molecule has 0 saturated carbocycles. The van der Waals surface area contributed by atoms with E-state index in [1.54, 1.807) is 20.8 Å². The first kappa shape index (κ1) is 8.35. The molecule has 3 heteroatoms. The van der Waals surface area contributed by atoms with Crippen molar-refractivity contribution in [2.75, 3.05) is 0 Å². The number of carbonyl (C=O) groups excluding carboxylic acids is 1. The molecule has 1 atom stereocenters. The molecule has 0 aliphatic carbocycles. The van der Waals surface area contributed by atoms with E-state index in [2.05, 4.69) is 11.9 Å². The largest absolute Gasteiger partial charge is 0.444 e. The van der Waals surface area contributed by atoms with Crippen LogP contribution in [0.1, 0.15) is 33.2 Å². The van der Waals surface area contributed by atoms with Crippen molar-refractivity contribution < 1.29 is 16.4 Å². The van der Waals surface area contributed by atoms with Crippen molar-refractivity contribution in [1.82, 2.24) is 5.32 Å². The summed E-state index contributed by atoms with van der Waals surface area (Å²) in [6.45, 7) is 8.79. The lowest BCUT2D eigenvalue weighted by molar-refractivity contribution is 0.0514. The van der Waals surface area contributed by atoms with Crippen LogP contribution in [-0.2, 0) is 11.2 Å². The molecule has 0 aromatic heterocycles. The highest BCUT2D eigenvalue weighted by Crippen LogP contribution is 2.08. The van der Waals surface area contributed by atoms with Crippen LogP contribution in [0, 0.1) is 0 Å². The third-order valence-electron chi connectivity index (χ3n) is 1.96. The smallest absolute Gasteiger partial charge is 0.408 e. The number of benzene rings is 1. The molecular weight excluding hydrogens is 226 g/mol. The predicted octanol–water partition coefficient (Wildman–Crippen LogP) is 3.31. The minimum absolute atomic E-state index is 0.0262. The first-order valence-electron chi connectivity index (χ1n) is 8.15. The van der Waals surface area contributed by atoms with Gasteiger partial charge in [0.05, 0.1) is 12.9 Å². The second-order valence-electron chi connectivity index (χ2n) is 4.80. The van der Waals surface area contributed by atoms with Gasteiger partial charge in [-0.3, -0.25) is 0 Å². The minimum Gasteiger partial charge on any atom is -0.444 e. The summed E-state index contributed by atoms with van der Waals surface area (Å²) in [5, 5.41) is 2.56. The maximum Gasteiger partial charge on any atom is 0.408 e. The fraction of sp³-hybridized carbons (Fsp3) is 0.400. The molecule has 1 aromatic rings. The summed E-state index contributed by atoms with van der Waals surface area (Å²) in [7, 11) is 0. The fourth-order valence-electron chi connectivity index (χ4n) is 1.25. The number of hydrogen-bond donors (Lipinski definition) is 1. The molecule has 1 rings (SSSR count). The lowest BCUT2D eigenvalue weighted by atomic mass is 10.1. The maximum atomic E-state index is 11.8. The second-order valence-corrected chi connectivity index (χ2v) is 4.80. The highest BCUT2D eigenvalue weighted by atomic mass is 16.6. The summed E-state index contributed by atoms with van der Waals surface area (Å²) in [4.78, 5) is 11.8. The van der Waals surface area contributed by atoms with E-state index in [1.165, 1.54) is 6.08 Å². The SMILES string of the molecule is [2H]c1c([2H])c([2H])c(C[C@@H](C=C)NC(=O)OC(C)(C)C)c([2H])c1[2H]. The van der Waals surface area contributed by atoms with Crippen LogP contribution >= 0.6 is 0 Å². The van der Waals surface area contributed by atoms with Gasteiger partial charge < -0.3 is 10.1 Å². The van der Waals surface area contributed by atoms with Gasteiger partial charge in [0.2, 0.25) is 0 Å². The Hall–Kier alpha value is -1.77. The van der Waals surface area contributed by atoms with Crippen molar-refractivity contribution >= 4 is 6.09 Å². The lowest BCUT2D eigenvalue weighted by Crippen LogP contribution is -2.39. The topological polar surface area (TPSA) is 38.3 Å². The molecule has 0 spiro atoms. The Morgan fingerprint density at radius 1 is 1.50 bits per heavy atom. The van der Waals surface area contributed by atoms with E-state index in [4.69, 9.17) is 11.6 Å². The molecule has 0 heterocycles. The van der Waals surface area contributed by atoms with E-state index in [0.29, 0.717) is 0 Å². The Kier molecular flexibility index (Phi) is 2.90. The van der Waals surface area contributed by atoms with Gasteiger partial charge in [-0.25, -0.2) is 4.79 Å². The van der Waals surface area contributed by atoms with Gasteiger partial charge in [0.15, 0.2) is 0 Å². The van der Waals surface area contributed by atoms with Crippen molar-refractivity contribution in [2.24, 2.45) is 0 Å². The molecule has 0 fully saturated rings. The van der Waals surface area contributed by atoms with Crippen molar-refractivity contribution in [2.45, 2.75) is 38.8 Å². The maximum absolute atomic E-state index is 11.8. The van der Waals surface area contributed by atoms with Crippen LogP contribution in [0.25, 0.3) is 0 Å². The van der Waals surface area contributed by atoms with Crippen LogP contribution in [-0.4, -0.2) is 17.7 Å². The van der Waals surface area contributed by atoms with Crippen molar-refractivity contribution in [3.05, 3.63) is 48.4 Å². The number of carbonyl (C=O) groups is 1. The Morgan fingerprint density at radius 3 is 2.61 bits per heavy atom. The average Bonchev–Trinajstić information content (AvgIpc) is 2.44. The molecule has 0 aliphatic rings. The molecule has 0 aliphatic heterocycles. The van der Waals surface area contributed by atoms with Crippen LogP contribution in [0.15, 0.2) is 42.9 Å². The molecule has 0 bridgehead atoms. The van der Waals surface area contributed by atoms with Crippen molar-refractivity contribution in [1.29, 1.82) is 0 Å². The molecule has 18 heavy (non-hydrogen) atoms. The molecule has 1 N–H and O–H groups in total. The molecule has 0 radical (unpaired) electrons. The standard InChI is InChI=1S/C15H21NO2/c1-5-13(11-12-9-7-6-8-10-12)16-14(17)18-15(2,3)4/h5-10,13H,1,11H2,2-4H3,(H,16,17)/t13-/m1/s1/i6D,7D,8D,9D,10D. The van der Waals surface area contributed by atoms with Crippen LogP contribution in [0.5, 0.6) is 0 Å². The number of ether oxygens (including phenoxy) is 1. The van der Waals surface area contributed by atoms with Crippen molar-refractivity contribution in [3.8, 4) is 0 Å². The molecule has 1 amide bonds. The number of nitrogens with one attached hydrogen (secondary N) is 1. The number of alkyl carbamates (subject to hydrolysis) is 1. The zero-order chi connectivity index (χ0) is 17.9. The molecular formula is C15H21NO2. The highest BCUT2D eigenvalue weighted by molar-refractivity contribution is 5.68. The Labute approximate surface area is 116 Å². The fourth-order valence-corrected chi connectivity index (χ4v) is 1.25. The van der Waals surface area contributed by atoms with Gasteiger partial charge in [0.1, 0.15) is 5.60 Å². The summed E-state index contributed by atoms with van der Waals surface area (Å²) >= 11 is 0. The normalized spacial score (nSPS) is 16.5. The molecule has 0 saturated heterocycles. The number of rotatable bonds is 4. The van der Waals surface area contributed by atoms with E-state index in [0.717, 1.165) is 0 Å². The predicted molar refractivity (Wildman–Crippen MR) is 73.5 cm³/mol. The Bertz CT molecular complexity index is 596. The summed E-state index contributed by atoms with van der Waals surface area (Å²) in [5.74, 6) is 0. The minimum atomic E-state index is -0.660. The van der Waals surface area contributed by atoms with Gasteiger partial charge in [-0.2, -0.15) is 0 Å². The van der Waals surface area contributed by atoms with Gasteiger partial charge in [0.25, 0.3) is 0 Å². The lowest BCUT2D eigenvalue weighted by Gasteiger charge is -2.22. The van der Waals surface area contributed by atoms with Crippen LogP contribution in [0.2, 0.25) is 0 Å². The van der Waals surface area contributed by atoms with E-state index in [-0.39, 0.29) is 24.1 Å². The molecule has 1 aromatic carbocycles. The summed E-state index contributed by atoms with van der Waals surface area (Å²) in [6.07, 6.45) is 0.804. The van der Waals surface area contributed by atoms with Gasteiger partial charge in [0, 0.05) is 0 Å². The van der Waals surface area contributed by atoms with E-state index in [1.807, 2.05) is 0 Å². The molecule has 0 unspecified atom stereocenters. The van der Waals surface area contributed by atoms with E-state index >= 15 is 0 Å². The zero-order valence-electron chi connectivity index (χ0n) is 15.9. The van der Waals surface area contributed by atoms with Crippen LogP contribution < -0.4 is 5.32 Å². The monoisotopic (exact) mass is 252 g/mol. The van der Waals surface area contributed by atoms with Crippen molar-refractivity contribution in [3.63, 3.8) is 0 Å². The Morgan fingerprint density at radius 2 is 2.11 bits per heavy atom. The number of hydrogen-bond acceptors (Lipinski definition) is 2. The highest BCUT2D eigenvalue weighted by Gasteiger charge is 2.18. The second kappa shape index (κ2) is 6.24. The molecule has 3 nitrogen and oxygen atoms in total. The van der Waals surface area contributed by atoms with E-state index in [9.17, 15) is 4.79 Å². The molecule has 98 valence electrons. The zero-order valence-corrected chi connectivity index (χ0v) is 10.9. The van der Waals surface area contributed by atoms with Crippen LogP contribution in [0.4, 0.5) is 4.79 Å². The van der Waals surface area contributed by atoms with Gasteiger partial charge in [-0.1, -0.05) is 36.3 Å². The third kappa shape index (κ3) is 5.53. The summed E-state index contributed by atoms with van der Waals surface area (Å²) in [6, 6.07) is -2.43. The first-order valence-corrected chi connectivity index (χ1v) is 5.65. The summed E-state index contributed by atoms with van der Waals surface area (Å²) < 4.78 is 43.8. The first-order chi connectivity index (χ1) is 10.5. The third-order valence-corrected chi connectivity index (χ3v) is 1.96. The van der Waals surface area contributed by atoms with E-state index < -0.39 is 35.9 Å². The van der Waals surface area contributed by atoms with Crippen LogP contribution in [0.3, 0.4) is 0 Å². The quantitative estimate of drug-likeness (QED) is 0.835. The van der Waals surface area contributed by atoms with Gasteiger partial charge >= 0.3 is 6.09 Å².